The molecule has 0 aliphatic heterocycles. The van der Waals surface area contributed by atoms with Gasteiger partial charge in [-0.1, -0.05) is 17.7 Å². The maximum Gasteiger partial charge on any atom is 0.412 e. The van der Waals surface area contributed by atoms with Crippen molar-refractivity contribution >= 4 is 23.4 Å². The average Bonchev–Trinajstić information content (AvgIpc) is 3.10. The third-order valence-corrected chi connectivity index (χ3v) is 3.43. The summed E-state index contributed by atoms with van der Waals surface area (Å²) in [7, 11) is 0. The van der Waals surface area contributed by atoms with Crippen molar-refractivity contribution in [3.63, 3.8) is 0 Å². The van der Waals surface area contributed by atoms with Crippen LogP contribution in [0.2, 0.25) is 5.02 Å². The summed E-state index contributed by atoms with van der Waals surface area (Å²) < 4.78 is 5.17. The van der Waals surface area contributed by atoms with Gasteiger partial charge in [-0.3, -0.25) is 5.32 Å². The topological polar surface area (TPSA) is 62.1 Å². The number of hydrogen-bond acceptors (Lipinski definition) is 3. The van der Waals surface area contributed by atoms with Crippen LogP contribution < -0.4 is 5.32 Å². The summed E-state index contributed by atoms with van der Waals surface area (Å²) in [6.07, 6.45) is 1.17. The van der Waals surface area contributed by atoms with Crippen molar-refractivity contribution in [1.82, 2.24) is 0 Å². The highest BCUT2D eigenvalue weighted by molar-refractivity contribution is 6.33. The van der Waals surface area contributed by atoms with Gasteiger partial charge in [0.1, 0.15) is 5.60 Å². The summed E-state index contributed by atoms with van der Waals surface area (Å²) >= 11 is 6.16. The summed E-state index contributed by atoms with van der Waals surface area (Å²) in [5.74, 6) is 0. The van der Waals surface area contributed by atoms with Gasteiger partial charge >= 0.3 is 6.09 Å². The first-order valence-electron chi connectivity index (χ1n) is 6.47. The van der Waals surface area contributed by atoms with E-state index in [4.69, 9.17) is 21.6 Å². The lowest BCUT2D eigenvalue weighted by Crippen LogP contribution is -2.27. The van der Waals surface area contributed by atoms with E-state index in [0.29, 0.717) is 10.7 Å². The van der Waals surface area contributed by atoms with E-state index >= 15 is 0 Å². The van der Waals surface area contributed by atoms with Crippen LogP contribution in [-0.2, 0) is 10.2 Å². The minimum Gasteiger partial charge on any atom is -0.444 e. The molecule has 1 amide bonds. The highest BCUT2D eigenvalue weighted by Gasteiger charge is 2.45. The lowest BCUT2D eigenvalue weighted by Gasteiger charge is -2.20. The number of anilines is 1. The third kappa shape index (κ3) is 3.23. The number of carbonyl (C=O) groups is 1. The van der Waals surface area contributed by atoms with Crippen molar-refractivity contribution in [2.24, 2.45) is 0 Å². The number of nitriles is 1. The highest BCUT2D eigenvalue weighted by Crippen LogP contribution is 2.48. The second kappa shape index (κ2) is 4.99. The van der Waals surface area contributed by atoms with Crippen molar-refractivity contribution in [2.75, 3.05) is 5.32 Å². The average molecular weight is 293 g/mol. The summed E-state index contributed by atoms with van der Waals surface area (Å²) in [4.78, 5) is 11.7. The first kappa shape index (κ1) is 14.7. The zero-order chi connectivity index (χ0) is 15.0. The summed E-state index contributed by atoms with van der Waals surface area (Å²) in [5.41, 5.74) is 0.446. The van der Waals surface area contributed by atoms with Gasteiger partial charge in [-0.25, -0.2) is 4.79 Å². The Labute approximate surface area is 123 Å². The monoisotopic (exact) mass is 292 g/mol. The molecule has 1 saturated carbocycles. The van der Waals surface area contributed by atoms with Gasteiger partial charge in [-0.05, 0) is 51.3 Å². The van der Waals surface area contributed by atoms with E-state index in [9.17, 15) is 4.79 Å². The van der Waals surface area contributed by atoms with Crippen LogP contribution in [0, 0.1) is 11.3 Å². The summed E-state index contributed by atoms with van der Waals surface area (Å²) in [6.45, 7) is 5.38. The first-order chi connectivity index (χ1) is 9.26. The molecule has 0 bridgehead atoms. The number of amides is 1. The van der Waals surface area contributed by atoms with E-state index in [2.05, 4.69) is 11.4 Å². The van der Waals surface area contributed by atoms with Gasteiger partial charge < -0.3 is 4.74 Å². The molecule has 0 spiro atoms. The Hall–Kier alpha value is -1.73. The largest absolute Gasteiger partial charge is 0.444 e. The summed E-state index contributed by atoms with van der Waals surface area (Å²) in [6, 6.07) is 7.59. The van der Waals surface area contributed by atoms with Crippen LogP contribution in [0.4, 0.5) is 10.5 Å². The van der Waals surface area contributed by atoms with Crippen molar-refractivity contribution in [3.05, 3.63) is 28.8 Å². The standard InChI is InChI=1S/C15H17ClN2O2/c1-14(2,3)20-13(19)18-12-5-4-10(8-11(12)16)15(9-17)6-7-15/h4-5,8H,6-7H2,1-3H3,(H,18,19). The number of hydrogen-bond donors (Lipinski definition) is 1. The summed E-state index contributed by atoms with van der Waals surface area (Å²) in [5, 5.41) is 12.2. The number of carbonyl (C=O) groups excluding carboxylic acids is 1. The molecule has 0 saturated heterocycles. The Kier molecular flexibility index (Phi) is 3.66. The van der Waals surface area contributed by atoms with Crippen LogP contribution in [0.15, 0.2) is 18.2 Å². The second-order valence-corrected chi connectivity index (χ2v) is 6.42. The molecule has 1 aliphatic carbocycles. The molecule has 0 atom stereocenters. The number of benzene rings is 1. The Morgan fingerprint density at radius 2 is 2.10 bits per heavy atom. The SMILES string of the molecule is CC(C)(C)OC(=O)Nc1ccc(C2(C#N)CC2)cc1Cl. The predicted molar refractivity (Wildman–Crippen MR) is 77.8 cm³/mol. The molecule has 4 nitrogen and oxygen atoms in total. The van der Waals surface area contributed by atoms with Crippen molar-refractivity contribution in [1.29, 1.82) is 5.26 Å². The molecule has 1 aromatic rings. The number of nitrogens with one attached hydrogen (secondary N) is 1. The van der Waals surface area contributed by atoms with Gasteiger partial charge in [0.05, 0.1) is 22.2 Å². The lowest BCUT2D eigenvalue weighted by atomic mass is 9.97. The zero-order valence-electron chi connectivity index (χ0n) is 11.8. The minimum absolute atomic E-state index is 0.381. The molecule has 0 radical (unpaired) electrons. The molecule has 106 valence electrons. The fourth-order valence-corrected chi connectivity index (χ4v) is 2.15. The van der Waals surface area contributed by atoms with Gasteiger partial charge in [0.2, 0.25) is 0 Å². The number of ether oxygens (including phenoxy) is 1. The molecule has 1 fully saturated rings. The molecular formula is C15H17ClN2O2. The van der Waals surface area contributed by atoms with Gasteiger partial charge in [-0.2, -0.15) is 5.26 Å². The zero-order valence-corrected chi connectivity index (χ0v) is 12.5. The minimum atomic E-state index is -0.560. The number of nitrogens with zero attached hydrogens (tertiary/aromatic N) is 1. The first-order valence-corrected chi connectivity index (χ1v) is 6.85. The highest BCUT2D eigenvalue weighted by atomic mass is 35.5. The van der Waals surface area contributed by atoms with Crippen molar-refractivity contribution in [3.8, 4) is 6.07 Å². The van der Waals surface area contributed by atoms with E-state index in [1.807, 2.05) is 6.07 Å². The third-order valence-electron chi connectivity index (χ3n) is 3.12. The van der Waals surface area contributed by atoms with Crippen LogP contribution in [0.5, 0.6) is 0 Å². The molecule has 1 aliphatic rings. The Morgan fingerprint density at radius 1 is 1.45 bits per heavy atom. The second-order valence-electron chi connectivity index (χ2n) is 6.02. The molecule has 5 heteroatoms. The van der Waals surface area contributed by atoms with Gasteiger partial charge in [-0.15, -0.1) is 0 Å². The molecule has 0 unspecified atom stereocenters. The molecule has 20 heavy (non-hydrogen) atoms. The van der Waals surface area contributed by atoms with E-state index in [-0.39, 0.29) is 5.41 Å². The molecule has 2 rings (SSSR count). The molecule has 1 aromatic carbocycles. The lowest BCUT2D eigenvalue weighted by molar-refractivity contribution is 0.0636. The molecule has 0 heterocycles. The van der Waals surface area contributed by atoms with Gasteiger partial charge in [0, 0.05) is 0 Å². The van der Waals surface area contributed by atoms with Crippen LogP contribution >= 0.6 is 11.6 Å². The van der Waals surface area contributed by atoms with Gasteiger partial charge in [0.25, 0.3) is 0 Å². The number of rotatable bonds is 2. The predicted octanol–water partition coefficient (Wildman–Crippen LogP) is 4.24. The Balaban J connectivity index is 2.11. The fourth-order valence-electron chi connectivity index (χ4n) is 1.92. The van der Waals surface area contributed by atoms with Crippen molar-refractivity contribution in [2.45, 2.75) is 44.6 Å². The van der Waals surface area contributed by atoms with Crippen LogP contribution in [0.25, 0.3) is 0 Å². The van der Waals surface area contributed by atoms with E-state index in [0.717, 1.165) is 18.4 Å². The van der Waals surface area contributed by atoms with Crippen molar-refractivity contribution < 1.29 is 9.53 Å². The van der Waals surface area contributed by atoms with E-state index in [1.165, 1.54) is 0 Å². The maximum atomic E-state index is 11.7. The Bertz CT molecular complexity index is 581. The Morgan fingerprint density at radius 3 is 2.55 bits per heavy atom. The van der Waals surface area contributed by atoms with E-state index in [1.54, 1.807) is 32.9 Å². The molecule has 1 N–H and O–H groups in total. The molecule has 0 aromatic heterocycles. The maximum absolute atomic E-state index is 11.7. The normalized spacial score (nSPS) is 16.1. The van der Waals surface area contributed by atoms with Crippen LogP contribution in [0.1, 0.15) is 39.2 Å². The quantitative estimate of drug-likeness (QED) is 0.886. The van der Waals surface area contributed by atoms with Crippen LogP contribution in [0.3, 0.4) is 0 Å². The smallest absolute Gasteiger partial charge is 0.412 e. The van der Waals surface area contributed by atoms with Gasteiger partial charge in [0.15, 0.2) is 0 Å². The van der Waals surface area contributed by atoms with Crippen LogP contribution in [-0.4, -0.2) is 11.7 Å². The fraction of sp³-hybridized carbons (Fsp3) is 0.467. The number of halogens is 1. The molecular weight excluding hydrogens is 276 g/mol. The van der Waals surface area contributed by atoms with E-state index < -0.39 is 11.7 Å².